The molecule has 0 unspecified atom stereocenters. The Morgan fingerprint density at radius 3 is 2.90 bits per heavy atom. The van der Waals surface area contributed by atoms with Gasteiger partial charge in [-0.25, -0.2) is 0 Å². The molecular weight excluding hydrogens is 252 g/mol. The summed E-state index contributed by atoms with van der Waals surface area (Å²) in [5.41, 5.74) is 7.71. The molecular formula is C16H20N2O2. The van der Waals surface area contributed by atoms with E-state index in [9.17, 15) is 0 Å². The molecule has 0 aliphatic carbocycles. The molecule has 4 nitrogen and oxygen atoms in total. The van der Waals surface area contributed by atoms with Crippen LogP contribution in [0.15, 0.2) is 24.4 Å². The van der Waals surface area contributed by atoms with E-state index in [0.717, 1.165) is 60.6 Å². The van der Waals surface area contributed by atoms with E-state index in [2.05, 4.69) is 4.98 Å². The molecule has 1 aliphatic rings. The van der Waals surface area contributed by atoms with Crippen LogP contribution in [-0.2, 0) is 4.74 Å². The Bertz CT molecular complexity index is 607. The first-order valence-electron chi connectivity index (χ1n) is 7.09. The topological polar surface area (TPSA) is 57.4 Å². The van der Waals surface area contributed by atoms with Crippen molar-refractivity contribution < 1.29 is 9.47 Å². The van der Waals surface area contributed by atoms with Crippen molar-refractivity contribution in [2.24, 2.45) is 5.92 Å². The van der Waals surface area contributed by atoms with Crippen LogP contribution in [0.5, 0.6) is 5.75 Å². The fourth-order valence-electron chi connectivity index (χ4n) is 2.59. The molecule has 0 amide bonds. The molecule has 2 heterocycles. The number of aryl methyl sites for hydroxylation is 1. The number of ether oxygens (including phenoxy) is 2. The summed E-state index contributed by atoms with van der Waals surface area (Å²) in [7, 11) is 0. The maximum Gasteiger partial charge on any atom is 0.127 e. The zero-order valence-electron chi connectivity index (χ0n) is 11.8. The minimum Gasteiger partial charge on any atom is -0.493 e. The Balaban J connectivity index is 1.83. The maximum atomic E-state index is 6.03. The van der Waals surface area contributed by atoms with Crippen LogP contribution in [0.1, 0.15) is 18.5 Å². The molecule has 0 saturated carbocycles. The molecule has 4 heteroatoms. The monoisotopic (exact) mass is 272 g/mol. The van der Waals surface area contributed by atoms with Gasteiger partial charge < -0.3 is 15.2 Å². The molecule has 3 rings (SSSR count). The quantitative estimate of drug-likeness (QED) is 0.873. The molecule has 0 spiro atoms. The van der Waals surface area contributed by atoms with Gasteiger partial charge in [0.1, 0.15) is 5.75 Å². The van der Waals surface area contributed by atoms with E-state index >= 15 is 0 Å². The normalized spacial score (nSPS) is 16.4. The standard InChI is InChI=1S/C16H20N2O2/c1-11-8-13-14(9-18-11)15(17)2-3-16(13)20-10-12-4-6-19-7-5-12/h2-3,8-9,12H,4-7,10,17H2,1H3. The Hall–Kier alpha value is -1.81. The SMILES string of the molecule is Cc1cc2c(OCC3CCOCC3)ccc(N)c2cn1. The average molecular weight is 272 g/mol. The third-order valence-electron chi connectivity index (χ3n) is 3.85. The molecule has 20 heavy (non-hydrogen) atoms. The van der Waals surface area contributed by atoms with Crippen LogP contribution in [0.4, 0.5) is 5.69 Å². The fourth-order valence-corrected chi connectivity index (χ4v) is 2.59. The molecule has 0 atom stereocenters. The second kappa shape index (κ2) is 5.67. The Labute approximate surface area is 118 Å². The van der Waals surface area contributed by atoms with Gasteiger partial charge in [0.25, 0.3) is 0 Å². The average Bonchev–Trinajstić information content (AvgIpc) is 2.47. The molecule has 1 aliphatic heterocycles. The zero-order chi connectivity index (χ0) is 13.9. The number of rotatable bonds is 3. The lowest BCUT2D eigenvalue weighted by molar-refractivity contribution is 0.0500. The van der Waals surface area contributed by atoms with Gasteiger partial charge in [0.2, 0.25) is 0 Å². The van der Waals surface area contributed by atoms with Crippen LogP contribution in [0.2, 0.25) is 0 Å². The smallest absolute Gasteiger partial charge is 0.127 e. The maximum absolute atomic E-state index is 6.03. The van der Waals surface area contributed by atoms with Crippen LogP contribution in [0.25, 0.3) is 10.8 Å². The fraction of sp³-hybridized carbons (Fsp3) is 0.438. The molecule has 1 saturated heterocycles. The highest BCUT2D eigenvalue weighted by atomic mass is 16.5. The van der Waals surface area contributed by atoms with Gasteiger partial charge in [0, 0.05) is 41.6 Å². The van der Waals surface area contributed by atoms with E-state index in [1.807, 2.05) is 31.3 Å². The van der Waals surface area contributed by atoms with Gasteiger partial charge in [-0.15, -0.1) is 0 Å². The first-order valence-corrected chi connectivity index (χ1v) is 7.09. The molecule has 1 aromatic carbocycles. The highest BCUT2D eigenvalue weighted by Crippen LogP contribution is 2.30. The van der Waals surface area contributed by atoms with E-state index < -0.39 is 0 Å². The Kier molecular flexibility index (Phi) is 3.74. The predicted molar refractivity (Wildman–Crippen MR) is 79.9 cm³/mol. The number of nitrogen functional groups attached to an aromatic ring is 1. The molecule has 106 valence electrons. The number of aromatic nitrogens is 1. The molecule has 1 fully saturated rings. The lowest BCUT2D eigenvalue weighted by atomic mass is 10.0. The van der Waals surface area contributed by atoms with Crippen molar-refractivity contribution in [3.63, 3.8) is 0 Å². The molecule has 2 aromatic rings. The molecule has 0 radical (unpaired) electrons. The van der Waals surface area contributed by atoms with Gasteiger partial charge >= 0.3 is 0 Å². The third-order valence-corrected chi connectivity index (χ3v) is 3.85. The van der Waals surface area contributed by atoms with E-state index in [1.165, 1.54) is 0 Å². The molecule has 2 N–H and O–H groups in total. The summed E-state index contributed by atoms with van der Waals surface area (Å²) in [6.45, 7) is 4.41. The van der Waals surface area contributed by atoms with Crippen molar-refractivity contribution in [1.29, 1.82) is 0 Å². The highest BCUT2D eigenvalue weighted by Gasteiger charge is 2.15. The van der Waals surface area contributed by atoms with E-state index in [0.29, 0.717) is 5.92 Å². The number of anilines is 1. The van der Waals surface area contributed by atoms with Crippen LogP contribution in [-0.4, -0.2) is 24.8 Å². The van der Waals surface area contributed by atoms with Gasteiger partial charge in [-0.2, -0.15) is 0 Å². The lowest BCUT2D eigenvalue weighted by Gasteiger charge is -2.22. The van der Waals surface area contributed by atoms with Crippen LogP contribution in [0, 0.1) is 12.8 Å². The van der Waals surface area contributed by atoms with Crippen LogP contribution < -0.4 is 10.5 Å². The minimum atomic E-state index is 0.583. The Morgan fingerprint density at radius 1 is 1.30 bits per heavy atom. The second-order valence-electron chi connectivity index (χ2n) is 5.39. The first kappa shape index (κ1) is 13.2. The third kappa shape index (κ3) is 2.70. The summed E-state index contributed by atoms with van der Waals surface area (Å²) in [6.07, 6.45) is 3.97. The number of pyridine rings is 1. The summed E-state index contributed by atoms with van der Waals surface area (Å²) in [5.74, 6) is 1.48. The summed E-state index contributed by atoms with van der Waals surface area (Å²) in [6, 6.07) is 5.88. The van der Waals surface area contributed by atoms with E-state index in [-0.39, 0.29) is 0 Å². The van der Waals surface area contributed by atoms with Gasteiger partial charge in [-0.05, 0) is 43.9 Å². The van der Waals surface area contributed by atoms with Crippen molar-refractivity contribution in [2.45, 2.75) is 19.8 Å². The predicted octanol–water partition coefficient (Wildman–Crippen LogP) is 2.93. The van der Waals surface area contributed by atoms with Crippen molar-refractivity contribution in [3.05, 3.63) is 30.1 Å². The lowest BCUT2D eigenvalue weighted by Crippen LogP contribution is -2.21. The second-order valence-corrected chi connectivity index (χ2v) is 5.39. The first-order chi connectivity index (χ1) is 9.74. The number of nitrogens with zero attached hydrogens (tertiary/aromatic N) is 1. The van der Waals surface area contributed by atoms with Gasteiger partial charge in [0.15, 0.2) is 0 Å². The summed E-state index contributed by atoms with van der Waals surface area (Å²) in [4.78, 5) is 4.31. The summed E-state index contributed by atoms with van der Waals surface area (Å²) >= 11 is 0. The van der Waals surface area contributed by atoms with Crippen LogP contribution >= 0.6 is 0 Å². The molecule has 0 bridgehead atoms. The van der Waals surface area contributed by atoms with Gasteiger partial charge in [-0.1, -0.05) is 0 Å². The highest BCUT2D eigenvalue weighted by molar-refractivity contribution is 5.96. The van der Waals surface area contributed by atoms with E-state index in [1.54, 1.807) is 0 Å². The summed E-state index contributed by atoms with van der Waals surface area (Å²) < 4.78 is 11.4. The van der Waals surface area contributed by atoms with Crippen molar-refractivity contribution in [1.82, 2.24) is 4.98 Å². The van der Waals surface area contributed by atoms with Crippen molar-refractivity contribution in [3.8, 4) is 5.75 Å². The van der Waals surface area contributed by atoms with Crippen LogP contribution in [0.3, 0.4) is 0 Å². The Morgan fingerprint density at radius 2 is 2.10 bits per heavy atom. The number of fused-ring (bicyclic) bond motifs is 1. The minimum absolute atomic E-state index is 0.583. The summed E-state index contributed by atoms with van der Waals surface area (Å²) in [5, 5.41) is 2.00. The van der Waals surface area contributed by atoms with Crippen molar-refractivity contribution >= 4 is 16.5 Å². The largest absolute Gasteiger partial charge is 0.493 e. The zero-order valence-corrected chi connectivity index (χ0v) is 11.8. The molecule has 1 aromatic heterocycles. The van der Waals surface area contributed by atoms with Gasteiger partial charge in [-0.3, -0.25) is 4.98 Å². The van der Waals surface area contributed by atoms with Crippen molar-refractivity contribution in [2.75, 3.05) is 25.6 Å². The number of nitrogens with two attached hydrogens (primary N) is 1. The number of hydrogen-bond donors (Lipinski definition) is 1. The number of benzene rings is 1. The van der Waals surface area contributed by atoms with E-state index in [4.69, 9.17) is 15.2 Å². The number of hydrogen-bond acceptors (Lipinski definition) is 4. The van der Waals surface area contributed by atoms with Gasteiger partial charge in [0.05, 0.1) is 6.61 Å².